The van der Waals surface area contributed by atoms with Crippen molar-refractivity contribution in [3.8, 4) is 0 Å². The third-order valence-electron chi connectivity index (χ3n) is 5.28. The van der Waals surface area contributed by atoms with E-state index in [1.807, 2.05) is 12.3 Å². The number of likely N-dealkylation sites (tertiary alicyclic amines) is 1. The third kappa shape index (κ3) is 3.83. The van der Waals surface area contributed by atoms with E-state index >= 15 is 0 Å². The summed E-state index contributed by atoms with van der Waals surface area (Å²) >= 11 is 0. The first-order valence-electron chi connectivity index (χ1n) is 8.77. The molecular formula is C18H28N4O. The summed E-state index contributed by atoms with van der Waals surface area (Å²) in [6, 6.07) is 5.19. The summed E-state index contributed by atoms with van der Waals surface area (Å²) in [5.74, 6) is 0. The quantitative estimate of drug-likeness (QED) is 0.927. The average Bonchev–Trinajstić information content (AvgIpc) is 3.18. The highest BCUT2D eigenvalue weighted by Crippen LogP contribution is 2.26. The lowest BCUT2D eigenvalue weighted by atomic mass is 10.0. The van der Waals surface area contributed by atoms with Gasteiger partial charge in [-0.15, -0.1) is 0 Å². The van der Waals surface area contributed by atoms with Crippen LogP contribution in [0.3, 0.4) is 0 Å². The molecule has 126 valence electrons. The maximum atomic E-state index is 12.8. The number of urea groups is 1. The van der Waals surface area contributed by atoms with E-state index < -0.39 is 0 Å². The molecule has 5 heteroatoms. The number of pyridine rings is 1. The topological polar surface area (TPSA) is 48.5 Å². The smallest absolute Gasteiger partial charge is 0.317 e. The first-order chi connectivity index (χ1) is 11.1. The molecule has 2 heterocycles. The number of aromatic nitrogens is 1. The Morgan fingerprint density at radius 1 is 1.35 bits per heavy atom. The number of hydrogen-bond acceptors (Lipinski definition) is 3. The lowest BCUT2D eigenvalue weighted by Gasteiger charge is -2.32. The third-order valence-corrected chi connectivity index (χ3v) is 5.28. The molecule has 1 saturated heterocycles. The van der Waals surface area contributed by atoms with Gasteiger partial charge in [0.1, 0.15) is 0 Å². The van der Waals surface area contributed by atoms with Crippen LogP contribution in [0.2, 0.25) is 0 Å². The number of carbonyl (C=O) groups is 1. The predicted octanol–water partition coefficient (Wildman–Crippen LogP) is 2.28. The Hall–Kier alpha value is -1.62. The fourth-order valence-corrected chi connectivity index (χ4v) is 4.03. The van der Waals surface area contributed by atoms with Crippen molar-refractivity contribution in [3.05, 3.63) is 30.1 Å². The second kappa shape index (κ2) is 7.30. The van der Waals surface area contributed by atoms with E-state index in [-0.39, 0.29) is 12.1 Å². The Morgan fingerprint density at radius 2 is 2.13 bits per heavy atom. The Morgan fingerprint density at radius 3 is 2.78 bits per heavy atom. The zero-order chi connectivity index (χ0) is 16.2. The molecule has 1 aromatic rings. The lowest BCUT2D eigenvalue weighted by Crippen LogP contribution is -2.50. The summed E-state index contributed by atoms with van der Waals surface area (Å²) in [6.45, 7) is 0.840. The van der Waals surface area contributed by atoms with Gasteiger partial charge in [-0.1, -0.05) is 18.9 Å². The van der Waals surface area contributed by atoms with Crippen LogP contribution in [0.1, 0.15) is 37.7 Å². The number of nitrogens with zero attached hydrogens (tertiary/aromatic N) is 3. The monoisotopic (exact) mass is 316 g/mol. The zero-order valence-electron chi connectivity index (χ0n) is 14.2. The van der Waals surface area contributed by atoms with E-state index in [9.17, 15) is 4.79 Å². The molecule has 1 aliphatic heterocycles. The van der Waals surface area contributed by atoms with Crippen LogP contribution in [-0.2, 0) is 6.42 Å². The summed E-state index contributed by atoms with van der Waals surface area (Å²) < 4.78 is 0. The molecule has 23 heavy (non-hydrogen) atoms. The van der Waals surface area contributed by atoms with Crippen LogP contribution in [0.15, 0.2) is 24.5 Å². The van der Waals surface area contributed by atoms with Crippen molar-refractivity contribution in [2.24, 2.45) is 0 Å². The van der Waals surface area contributed by atoms with Crippen molar-refractivity contribution in [2.75, 3.05) is 20.6 Å². The first-order valence-corrected chi connectivity index (χ1v) is 8.77. The molecule has 0 bridgehead atoms. The Labute approximate surface area is 139 Å². The van der Waals surface area contributed by atoms with Crippen LogP contribution >= 0.6 is 0 Å². The molecule has 1 aliphatic carbocycles. The van der Waals surface area contributed by atoms with Gasteiger partial charge in [0.05, 0.1) is 6.04 Å². The minimum Gasteiger partial charge on any atom is -0.335 e. The Kier molecular flexibility index (Phi) is 5.16. The van der Waals surface area contributed by atoms with Crippen LogP contribution in [0.4, 0.5) is 4.79 Å². The van der Waals surface area contributed by atoms with E-state index in [2.05, 4.69) is 40.3 Å². The molecule has 5 nitrogen and oxygen atoms in total. The van der Waals surface area contributed by atoms with Crippen molar-refractivity contribution in [2.45, 2.75) is 56.7 Å². The fourth-order valence-electron chi connectivity index (χ4n) is 4.03. The number of likely N-dealkylation sites (N-methyl/N-ethyl adjacent to an activating group) is 1. The number of nitrogens with one attached hydrogen (secondary N) is 1. The molecule has 2 atom stereocenters. The van der Waals surface area contributed by atoms with Crippen LogP contribution in [0, 0.1) is 0 Å². The summed E-state index contributed by atoms with van der Waals surface area (Å²) in [5.41, 5.74) is 1.20. The second-order valence-electron chi connectivity index (χ2n) is 7.08. The molecule has 2 fully saturated rings. The molecule has 2 amide bonds. The molecule has 0 unspecified atom stereocenters. The first kappa shape index (κ1) is 16.2. The van der Waals surface area contributed by atoms with Crippen LogP contribution in [0.5, 0.6) is 0 Å². The number of rotatable bonds is 4. The highest BCUT2D eigenvalue weighted by Gasteiger charge is 2.38. The van der Waals surface area contributed by atoms with E-state index in [0.717, 1.165) is 32.2 Å². The van der Waals surface area contributed by atoms with Gasteiger partial charge in [-0.3, -0.25) is 4.98 Å². The molecule has 1 aromatic heterocycles. The van der Waals surface area contributed by atoms with Gasteiger partial charge in [-0.2, -0.15) is 0 Å². The van der Waals surface area contributed by atoms with Gasteiger partial charge in [0.2, 0.25) is 0 Å². The van der Waals surface area contributed by atoms with Crippen LogP contribution < -0.4 is 5.32 Å². The standard InChI is InChI=1S/C18H28N4O/c1-21(2)16-9-11-22(18(23)20-15-7-3-4-8-15)17(16)12-14-6-5-10-19-13-14/h5-6,10,13,15-17H,3-4,7-9,11-12H2,1-2H3,(H,20,23)/t16-,17+/m1/s1. The van der Waals surface area contributed by atoms with Gasteiger partial charge in [-0.25, -0.2) is 4.79 Å². The van der Waals surface area contributed by atoms with Gasteiger partial charge >= 0.3 is 6.03 Å². The summed E-state index contributed by atoms with van der Waals surface area (Å²) in [4.78, 5) is 21.3. The van der Waals surface area contributed by atoms with Crippen molar-refractivity contribution in [1.29, 1.82) is 0 Å². The molecule has 2 aliphatic rings. The maximum Gasteiger partial charge on any atom is 0.317 e. The summed E-state index contributed by atoms with van der Waals surface area (Å²) in [7, 11) is 4.22. The van der Waals surface area contributed by atoms with Gasteiger partial charge < -0.3 is 15.1 Å². The largest absolute Gasteiger partial charge is 0.335 e. The van der Waals surface area contributed by atoms with E-state index in [4.69, 9.17) is 0 Å². The molecule has 0 spiro atoms. The van der Waals surface area contributed by atoms with Crippen molar-refractivity contribution >= 4 is 6.03 Å². The SMILES string of the molecule is CN(C)[C@@H]1CCN(C(=O)NC2CCCC2)[C@H]1Cc1cccnc1. The van der Waals surface area contributed by atoms with Crippen LogP contribution in [0.25, 0.3) is 0 Å². The van der Waals surface area contributed by atoms with Gasteiger partial charge in [0.25, 0.3) is 0 Å². The highest BCUT2D eigenvalue weighted by molar-refractivity contribution is 5.75. The van der Waals surface area contributed by atoms with Crippen LogP contribution in [-0.4, -0.2) is 59.6 Å². The minimum absolute atomic E-state index is 0.121. The second-order valence-corrected chi connectivity index (χ2v) is 7.08. The molecular weight excluding hydrogens is 288 g/mol. The van der Waals surface area contributed by atoms with Gasteiger partial charge in [-0.05, 0) is 51.4 Å². The van der Waals surface area contributed by atoms with E-state index in [1.165, 1.54) is 18.4 Å². The molecule has 1 saturated carbocycles. The average molecular weight is 316 g/mol. The minimum atomic E-state index is 0.121. The number of carbonyl (C=O) groups excluding carboxylic acids is 1. The predicted molar refractivity (Wildman–Crippen MR) is 91.3 cm³/mol. The maximum absolute atomic E-state index is 12.8. The zero-order valence-corrected chi connectivity index (χ0v) is 14.2. The molecule has 3 rings (SSSR count). The van der Waals surface area contributed by atoms with Crippen molar-refractivity contribution in [3.63, 3.8) is 0 Å². The number of hydrogen-bond donors (Lipinski definition) is 1. The van der Waals surface area contributed by atoms with Gasteiger partial charge in [0, 0.05) is 31.0 Å². The lowest BCUT2D eigenvalue weighted by molar-refractivity contribution is 0.168. The van der Waals surface area contributed by atoms with Crippen molar-refractivity contribution < 1.29 is 4.79 Å². The summed E-state index contributed by atoms with van der Waals surface area (Å²) in [5, 5.41) is 3.25. The molecule has 0 aromatic carbocycles. The van der Waals surface area contributed by atoms with Crippen molar-refractivity contribution in [1.82, 2.24) is 20.1 Å². The summed E-state index contributed by atoms with van der Waals surface area (Å²) in [6.07, 6.45) is 10.4. The number of amides is 2. The normalized spacial score (nSPS) is 25.3. The Balaban J connectivity index is 1.70. The highest BCUT2D eigenvalue weighted by atomic mass is 16.2. The molecule has 0 radical (unpaired) electrons. The van der Waals surface area contributed by atoms with E-state index in [0.29, 0.717) is 12.1 Å². The van der Waals surface area contributed by atoms with E-state index in [1.54, 1.807) is 6.20 Å². The fraction of sp³-hybridized carbons (Fsp3) is 0.667. The van der Waals surface area contributed by atoms with Gasteiger partial charge in [0.15, 0.2) is 0 Å². The molecule has 1 N–H and O–H groups in total. The Bertz CT molecular complexity index is 513.